The van der Waals surface area contributed by atoms with Gasteiger partial charge in [0.15, 0.2) is 0 Å². The van der Waals surface area contributed by atoms with Gasteiger partial charge in [-0.2, -0.15) is 0 Å². The number of aromatic nitrogens is 3. The number of nitrogens with one attached hydrogen (secondary N) is 1. The van der Waals surface area contributed by atoms with E-state index in [4.69, 9.17) is 0 Å². The molecule has 1 aliphatic rings. The summed E-state index contributed by atoms with van der Waals surface area (Å²) in [6, 6.07) is 4.74. The van der Waals surface area contributed by atoms with Gasteiger partial charge in [0.1, 0.15) is 11.6 Å². The quantitative estimate of drug-likeness (QED) is 0.917. The van der Waals surface area contributed by atoms with Gasteiger partial charge in [0.25, 0.3) is 0 Å². The molecule has 0 aliphatic heterocycles. The van der Waals surface area contributed by atoms with Crippen LogP contribution in [0.25, 0.3) is 5.82 Å². The Labute approximate surface area is 113 Å². The summed E-state index contributed by atoms with van der Waals surface area (Å²) in [6.45, 7) is 4.30. The average Bonchev–Trinajstić information content (AvgIpc) is 3.00. The van der Waals surface area contributed by atoms with Crippen molar-refractivity contribution in [1.29, 1.82) is 0 Å². The predicted octanol–water partition coefficient (Wildman–Crippen LogP) is 3.18. The summed E-state index contributed by atoms with van der Waals surface area (Å²) in [7, 11) is 0. The van der Waals surface area contributed by atoms with Crippen LogP contribution < -0.4 is 5.32 Å². The van der Waals surface area contributed by atoms with Gasteiger partial charge in [-0.3, -0.25) is 4.57 Å². The van der Waals surface area contributed by atoms with Gasteiger partial charge in [-0.25, -0.2) is 9.97 Å². The molecular weight excluding hydrogens is 236 g/mol. The first-order valence-electron chi connectivity index (χ1n) is 6.97. The van der Waals surface area contributed by atoms with E-state index in [9.17, 15) is 0 Å². The summed E-state index contributed by atoms with van der Waals surface area (Å²) >= 11 is 0. The molecule has 2 atom stereocenters. The van der Waals surface area contributed by atoms with Gasteiger partial charge in [0, 0.05) is 18.4 Å². The average molecular weight is 256 g/mol. The summed E-state index contributed by atoms with van der Waals surface area (Å²) < 4.78 is 1.99. The van der Waals surface area contributed by atoms with Gasteiger partial charge in [0.05, 0.1) is 11.9 Å². The second kappa shape index (κ2) is 5.03. The second-order valence-corrected chi connectivity index (χ2v) is 5.41. The standard InChI is InChI=1S/C15H20N4/c1-11-4-3-5-14(11)18-13-6-7-15(17-10-13)19-9-8-16-12(19)2/h6-11,14,18H,3-5H2,1-2H3. The molecule has 19 heavy (non-hydrogen) atoms. The Balaban J connectivity index is 1.74. The lowest BCUT2D eigenvalue weighted by molar-refractivity contribution is 0.556. The van der Waals surface area contributed by atoms with Crippen molar-refractivity contribution >= 4 is 5.69 Å². The Morgan fingerprint density at radius 2 is 2.16 bits per heavy atom. The van der Waals surface area contributed by atoms with Crippen LogP contribution in [0.1, 0.15) is 32.0 Å². The smallest absolute Gasteiger partial charge is 0.138 e. The van der Waals surface area contributed by atoms with E-state index >= 15 is 0 Å². The van der Waals surface area contributed by atoms with Gasteiger partial charge < -0.3 is 5.32 Å². The van der Waals surface area contributed by atoms with Crippen LogP contribution in [0.2, 0.25) is 0 Å². The highest BCUT2D eigenvalue weighted by Crippen LogP contribution is 2.27. The molecule has 1 aliphatic carbocycles. The normalized spacial score (nSPS) is 22.6. The third-order valence-electron chi connectivity index (χ3n) is 4.03. The van der Waals surface area contributed by atoms with Crippen molar-refractivity contribution in [2.75, 3.05) is 5.32 Å². The van der Waals surface area contributed by atoms with Crippen LogP contribution in [0.3, 0.4) is 0 Å². The molecule has 1 N–H and O–H groups in total. The van der Waals surface area contributed by atoms with Gasteiger partial charge in [-0.1, -0.05) is 13.3 Å². The van der Waals surface area contributed by atoms with Crippen LogP contribution in [-0.4, -0.2) is 20.6 Å². The molecule has 0 amide bonds. The third kappa shape index (κ3) is 2.48. The fourth-order valence-electron chi connectivity index (χ4n) is 2.81. The van der Waals surface area contributed by atoms with E-state index in [2.05, 4.69) is 28.3 Å². The number of pyridine rings is 1. The van der Waals surface area contributed by atoms with Crippen LogP contribution in [-0.2, 0) is 0 Å². The Hall–Kier alpha value is -1.84. The lowest BCUT2D eigenvalue weighted by Gasteiger charge is -2.18. The lowest BCUT2D eigenvalue weighted by atomic mass is 10.1. The van der Waals surface area contributed by atoms with E-state index in [1.54, 1.807) is 6.20 Å². The highest BCUT2D eigenvalue weighted by Gasteiger charge is 2.22. The number of imidazole rings is 1. The Kier molecular flexibility index (Phi) is 3.23. The fourth-order valence-corrected chi connectivity index (χ4v) is 2.81. The minimum atomic E-state index is 0.600. The zero-order chi connectivity index (χ0) is 13.2. The zero-order valence-corrected chi connectivity index (χ0v) is 11.5. The molecule has 100 valence electrons. The minimum Gasteiger partial charge on any atom is -0.381 e. The van der Waals surface area contributed by atoms with Crippen LogP contribution in [0.5, 0.6) is 0 Å². The molecule has 0 radical (unpaired) electrons. The summed E-state index contributed by atoms with van der Waals surface area (Å²) in [5.41, 5.74) is 1.11. The highest BCUT2D eigenvalue weighted by atomic mass is 15.1. The van der Waals surface area contributed by atoms with Crippen LogP contribution in [0.4, 0.5) is 5.69 Å². The number of anilines is 1. The number of aryl methyl sites for hydroxylation is 1. The van der Waals surface area contributed by atoms with Gasteiger partial charge in [-0.05, 0) is 37.8 Å². The molecule has 0 spiro atoms. The molecule has 0 saturated heterocycles. The number of hydrogen-bond donors (Lipinski definition) is 1. The van der Waals surface area contributed by atoms with Crippen molar-refractivity contribution in [2.45, 2.75) is 39.2 Å². The first-order chi connectivity index (χ1) is 9.24. The molecule has 2 aromatic heterocycles. The first kappa shape index (κ1) is 12.2. The molecule has 0 aromatic carbocycles. The molecule has 0 bridgehead atoms. The van der Waals surface area contributed by atoms with Gasteiger partial charge >= 0.3 is 0 Å². The van der Waals surface area contributed by atoms with Gasteiger partial charge in [-0.15, -0.1) is 0 Å². The molecular formula is C15H20N4. The summed E-state index contributed by atoms with van der Waals surface area (Å²) in [5, 5.41) is 3.59. The Morgan fingerprint density at radius 1 is 1.26 bits per heavy atom. The number of nitrogens with zero attached hydrogens (tertiary/aromatic N) is 3. The summed E-state index contributed by atoms with van der Waals surface area (Å²) in [4.78, 5) is 8.73. The van der Waals surface area contributed by atoms with Crippen molar-refractivity contribution in [2.24, 2.45) is 5.92 Å². The maximum atomic E-state index is 4.51. The van der Waals surface area contributed by atoms with Crippen molar-refractivity contribution in [3.05, 3.63) is 36.5 Å². The number of rotatable bonds is 3. The van der Waals surface area contributed by atoms with E-state index in [0.717, 1.165) is 23.2 Å². The Morgan fingerprint density at radius 3 is 2.74 bits per heavy atom. The SMILES string of the molecule is Cc1nccn1-c1ccc(NC2CCCC2C)cn1. The van der Waals surface area contributed by atoms with E-state index in [1.165, 1.54) is 19.3 Å². The number of hydrogen-bond acceptors (Lipinski definition) is 3. The molecule has 2 aromatic rings. The van der Waals surface area contributed by atoms with Gasteiger partial charge in [0.2, 0.25) is 0 Å². The van der Waals surface area contributed by atoms with Crippen LogP contribution in [0, 0.1) is 12.8 Å². The van der Waals surface area contributed by atoms with Crippen molar-refractivity contribution in [3.63, 3.8) is 0 Å². The summed E-state index contributed by atoms with van der Waals surface area (Å²) in [5.74, 6) is 2.63. The van der Waals surface area contributed by atoms with Crippen LogP contribution in [0.15, 0.2) is 30.7 Å². The predicted molar refractivity (Wildman–Crippen MR) is 76.5 cm³/mol. The molecule has 2 heterocycles. The first-order valence-corrected chi connectivity index (χ1v) is 6.97. The minimum absolute atomic E-state index is 0.600. The molecule has 1 saturated carbocycles. The summed E-state index contributed by atoms with van der Waals surface area (Å²) in [6.07, 6.45) is 9.58. The van der Waals surface area contributed by atoms with Crippen molar-refractivity contribution < 1.29 is 0 Å². The van der Waals surface area contributed by atoms with Crippen molar-refractivity contribution in [1.82, 2.24) is 14.5 Å². The zero-order valence-electron chi connectivity index (χ0n) is 11.5. The lowest BCUT2D eigenvalue weighted by Crippen LogP contribution is -2.21. The van der Waals surface area contributed by atoms with E-state index in [1.807, 2.05) is 30.0 Å². The largest absolute Gasteiger partial charge is 0.381 e. The highest BCUT2D eigenvalue weighted by molar-refractivity contribution is 5.45. The fraction of sp³-hybridized carbons (Fsp3) is 0.467. The van der Waals surface area contributed by atoms with E-state index in [0.29, 0.717) is 6.04 Å². The van der Waals surface area contributed by atoms with E-state index in [-0.39, 0.29) is 0 Å². The monoisotopic (exact) mass is 256 g/mol. The van der Waals surface area contributed by atoms with Crippen LogP contribution >= 0.6 is 0 Å². The maximum absolute atomic E-state index is 4.51. The van der Waals surface area contributed by atoms with E-state index < -0.39 is 0 Å². The Bertz CT molecular complexity index is 544. The second-order valence-electron chi connectivity index (χ2n) is 5.41. The molecule has 3 rings (SSSR count). The maximum Gasteiger partial charge on any atom is 0.138 e. The molecule has 4 heteroatoms. The van der Waals surface area contributed by atoms with Crippen molar-refractivity contribution in [3.8, 4) is 5.82 Å². The third-order valence-corrected chi connectivity index (χ3v) is 4.03. The topological polar surface area (TPSA) is 42.7 Å². The molecule has 2 unspecified atom stereocenters. The molecule has 4 nitrogen and oxygen atoms in total. The molecule has 1 fully saturated rings.